The number of nitrogens with zero attached hydrogens (tertiary/aromatic N) is 5. The molecule has 1 aromatic rings. The lowest BCUT2D eigenvalue weighted by Crippen LogP contribution is -2.50. The Morgan fingerprint density at radius 1 is 1.16 bits per heavy atom. The molecule has 1 saturated heterocycles. The first kappa shape index (κ1) is 19.1. The second kappa shape index (κ2) is 8.75. The third-order valence-electron chi connectivity index (χ3n) is 4.15. The highest BCUT2D eigenvalue weighted by Crippen LogP contribution is 2.11. The summed E-state index contributed by atoms with van der Waals surface area (Å²) in [5.41, 5.74) is 1.16. The molecule has 2 heterocycles. The van der Waals surface area contributed by atoms with E-state index in [1.165, 1.54) is 0 Å². The second-order valence-corrected chi connectivity index (χ2v) is 6.60. The van der Waals surface area contributed by atoms with Crippen molar-refractivity contribution in [2.45, 2.75) is 20.3 Å². The van der Waals surface area contributed by atoms with Crippen LogP contribution in [-0.2, 0) is 4.79 Å². The Balaban J connectivity index is 1.96. The normalized spacial score (nSPS) is 14.8. The fourth-order valence-corrected chi connectivity index (χ4v) is 2.74. The number of hydrogen-bond acceptors (Lipinski definition) is 6. The molecule has 25 heavy (non-hydrogen) atoms. The van der Waals surface area contributed by atoms with Crippen molar-refractivity contribution in [2.75, 3.05) is 58.7 Å². The Labute approximate surface area is 149 Å². The van der Waals surface area contributed by atoms with Crippen LogP contribution in [0.3, 0.4) is 0 Å². The summed E-state index contributed by atoms with van der Waals surface area (Å²) >= 11 is 0. The SMILES string of the molecule is CC(=O)N1CCN(C(=O)c2cc(C)nc(NCCCN(C)C)n2)CC1. The number of aryl methyl sites for hydroxylation is 1. The van der Waals surface area contributed by atoms with Gasteiger partial charge >= 0.3 is 0 Å². The summed E-state index contributed by atoms with van der Waals surface area (Å²) in [5, 5.41) is 3.19. The molecular weight excluding hydrogens is 320 g/mol. The monoisotopic (exact) mass is 348 g/mol. The first-order chi connectivity index (χ1) is 11.9. The van der Waals surface area contributed by atoms with Gasteiger partial charge in [-0.15, -0.1) is 0 Å². The van der Waals surface area contributed by atoms with E-state index in [0.29, 0.717) is 37.8 Å². The van der Waals surface area contributed by atoms with Crippen LogP contribution in [0.25, 0.3) is 0 Å². The summed E-state index contributed by atoms with van der Waals surface area (Å²) in [6.07, 6.45) is 0.973. The van der Waals surface area contributed by atoms with Gasteiger partial charge in [0.25, 0.3) is 5.91 Å². The standard InChI is InChI=1S/C17H28N6O2/c1-13-12-15(20-17(19-13)18-6-5-7-21(3)4)16(25)23-10-8-22(9-11-23)14(2)24/h12H,5-11H2,1-4H3,(H,18,19,20). The number of piperazine rings is 1. The van der Waals surface area contributed by atoms with Gasteiger partial charge in [0.2, 0.25) is 11.9 Å². The van der Waals surface area contributed by atoms with Crippen molar-refractivity contribution < 1.29 is 9.59 Å². The Kier molecular flexibility index (Phi) is 6.69. The largest absolute Gasteiger partial charge is 0.354 e. The Bertz CT molecular complexity index is 611. The molecule has 2 rings (SSSR count). The molecule has 1 aliphatic heterocycles. The van der Waals surface area contributed by atoms with Gasteiger partial charge in [0.1, 0.15) is 5.69 Å². The fraction of sp³-hybridized carbons (Fsp3) is 0.647. The molecule has 2 amide bonds. The number of anilines is 1. The minimum Gasteiger partial charge on any atom is -0.354 e. The molecule has 0 aliphatic carbocycles. The maximum atomic E-state index is 12.7. The Hall–Kier alpha value is -2.22. The summed E-state index contributed by atoms with van der Waals surface area (Å²) in [7, 11) is 4.07. The van der Waals surface area contributed by atoms with Crippen LogP contribution >= 0.6 is 0 Å². The average molecular weight is 348 g/mol. The van der Waals surface area contributed by atoms with Crippen molar-refractivity contribution >= 4 is 17.8 Å². The fourth-order valence-electron chi connectivity index (χ4n) is 2.74. The third kappa shape index (κ3) is 5.67. The maximum Gasteiger partial charge on any atom is 0.272 e. The number of nitrogens with one attached hydrogen (secondary N) is 1. The summed E-state index contributed by atoms with van der Waals surface area (Å²) in [4.78, 5) is 38.4. The van der Waals surface area contributed by atoms with Crippen LogP contribution in [0.4, 0.5) is 5.95 Å². The van der Waals surface area contributed by atoms with Gasteiger partial charge in [0.15, 0.2) is 0 Å². The predicted octanol–water partition coefficient (Wildman–Crippen LogP) is 0.453. The van der Waals surface area contributed by atoms with Crippen LogP contribution in [-0.4, -0.2) is 89.8 Å². The van der Waals surface area contributed by atoms with Crippen LogP contribution in [0.1, 0.15) is 29.5 Å². The molecule has 0 bridgehead atoms. The van der Waals surface area contributed by atoms with Gasteiger partial charge in [0, 0.05) is 45.3 Å². The summed E-state index contributed by atoms with van der Waals surface area (Å²) in [6.45, 7) is 7.36. The molecule has 0 radical (unpaired) electrons. The third-order valence-corrected chi connectivity index (χ3v) is 4.15. The minimum atomic E-state index is -0.106. The highest BCUT2D eigenvalue weighted by Gasteiger charge is 2.24. The topological polar surface area (TPSA) is 81.7 Å². The van der Waals surface area contributed by atoms with Crippen molar-refractivity contribution in [1.82, 2.24) is 24.7 Å². The molecule has 0 atom stereocenters. The molecule has 0 saturated carbocycles. The predicted molar refractivity (Wildman–Crippen MR) is 96.6 cm³/mol. The Morgan fingerprint density at radius 3 is 2.40 bits per heavy atom. The van der Waals surface area contributed by atoms with E-state index in [-0.39, 0.29) is 11.8 Å². The minimum absolute atomic E-state index is 0.0502. The first-order valence-electron chi connectivity index (χ1n) is 8.66. The number of rotatable bonds is 6. The smallest absolute Gasteiger partial charge is 0.272 e. The molecule has 1 aliphatic rings. The van der Waals surface area contributed by atoms with Crippen molar-refractivity contribution in [1.29, 1.82) is 0 Å². The molecule has 1 aromatic heterocycles. The molecule has 0 unspecified atom stereocenters. The zero-order chi connectivity index (χ0) is 18.4. The first-order valence-corrected chi connectivity index (χ1v) is 8.66. The van der Waals surface area contributed by atoms with E-state index in [4.69, 9.17) is 0 Å². The van der Waals surface area contributed by atoms with Gasteiger partial charge in [-0.05, 0) is 40.1 Å². The van der Waals surface area contributed by atoms with Crippen molar-refractivity contribution in [3.05, 3.63) is 17.5 Å². The highest BCUT2D eigenvalue weighted by molar-refractivity contribution is 5.92. The van der Waals surface area contributed by atoms with Crippen LogP contribution in [0, 0.1) is 6.92 Å². The zero-order valence-electron chi connectivity index (χ0n) is 15.6. The van der Waals surface area contributed by atoms with Gasteiger partial charge < -0.3 is 20.0 Å². The highest BCUT2D eigenvalue weighted by atomic mass is 16.2. The summed E-state index contributed by atoms with van der Waals surface area (Å²) < 4.78 is 0. The summed E-state index contributed by atoms with van der Waals surface area (Å²) in [5.74, 6) is 0.434. The number of aromatic nitrogens is 2. The van der Waals surface area contributed by atoms with Gasteiger partial charge in [0.05, 0.1) is 0 Å². The van der Waals surface area contributed by atoms with Crippen LogP contribution in [0.15, 0.2) is 6.07 Å². The number of carbonyl (C=O) groups is 2. The lowest BCUT2D eigenvalue weighted by atomic mass is 10.2. The van der Waals surface area contributed by atoms with E-state index in [1.54, 1.807) is 22.8 Å². The summed E-state index contributed by atoms with van der Waals surface area (Å²) in [6, 6.07) is 1.71. The van der Waals surface area contributed by atoms with Gasteiger partial charge in [-0.2, -0.15) is 0 Å². The quantitative estimate of drug-likeness (QED) is 0.752. The lowest BCUT2D eigenvalue weighted by molar-refractivity contribution is -0.130. The van der Waals surface area contributed by atoms with Gasteiger partial charge in [-0.3, -0.25) is 9.59 Å². The Morgan fingerprint density at radius 2 is 1.80 bits per heavy atom. The van der Waals surface area contributed by atoms with Crippen molar-refractivity contribution in [3.8, 4) is 0 Å². The molecule has 8 heteroatoms. The van der Waals surface area contributed by atoms with E-state index < -0.39 is 0 Å². The maximum absolute atomic E-state index is 12.7. The van der Waals surface area contributed by atoms with E-state index >= 15 is 0 Å². The zero-order valence-corrected chi connectivity index (χ0v) is 15.6. The van der Waals surface area contributed by atoms with Gasteiger partial charge in [-0.25, -0.2) is 9.97 Å². The molecule has 1 N–H and O–H groups in total. The van der Waals surface area contributed by atoms with Gasteiger partial charge in [-0.1, -0.05) is 0 Å². The number of amides is 2. The average Bonchev–Trinajstić information content (AvgIpc) is 2.57. The van der Waals surface area contributed by atoms with Crippen LogP contribution in [0.5, 0.6) is 0 Å². The van der Waals surface area contributed by atoms with E-state index in [0.717, 1.165) is 25.2 Å². The van der Waals surface area contributed by atoms with Crippen molar-refractivity contribution in [2.24, 2.45) is 0 Å². The molecule has 1 fully saturated rings. The lowest BCUT2D eigenvalue weighted by Gasteiger charge is -2.34. The molecule has 0 spiro atoms. The van der Waals surface area contributed by atoms with E-state index in [2.05, 4.69) is 20.2 Å². The molecule has 8 nitrogen and oxygen atoms in total. The number of carbonyl (C=O) groups excluding carboxylic acids is 2. The molecule has 0 aromatic carbocycles. The number of hydrogen-bond donors (Lipinski definition) is 1. The molecular formula is C17H28N6O2. The van der Waals surface area contributed by atoms with E-state index in [1.807, 2.05) is 21.0 Å². The second-order valence-electron chi connectivity index (χ2n) is 6.60. The van der Waals surface area contributed by atoms with Crippen LogP contribution in [0.2, 0.25) is 0 Å². The molecule has 138 valence electrons. The van der Waals surface area contributed by atoms with Crippen LogP contribution < -0.4 is 5.32 Å². The van der Waals surface area contributed by atoms with E-state index in [9.17, 15) is 9.59 Å². The van der Waals surface area contributed by atoms with Crippen molar-refractivity contribution in [3.63, 3.8) is 0 Å².